The average Bonchev–Trinajstić information content (AvgIpc) is 2.73. The smallest absolute Gasteiger partial charge is 0.0931 e. The number of hydrogen-bond donors (Lipinski definition) is 0. The van der Waals surface area contributed by atoms with Crippen LogP contribution < -0.4 is 34.0 Å². The normalized spacial score (nSPS) is 12.1. The second kappa shape index (κ2) is 23.7. The molecule has 0 bridgehead atoms. The molecule has 0 heterocycles. The van der Waals surface area contributed by atoms with Gasteiger partial charge in [-0.2, -0.15) is 0 Å². The van der Waals surface area contributed by atoms with Crippen molar-refractivity contribution in [1.29, 1.82) is 0 Å². The van der Waals surface area contributed by atoms with Gasteiger partial charge < -0.3 is 34.0 Å². The first-order chi connectivity index (χ1) is 13.6. The van der Waals surface area contributed by atoms with Crippen molar-refractivity contribution in [1.82, 2.24) is 0 Å². The monoisotopic (exact) mass is 588 g/mol. The van der Waals surface area contributed by atoms with Crippen molar-refractivity contribution >= 4 is 14.5 Å². The minimum absolute atomic E-state index is 0. The summed E-state index contributed by atoms with van der Waals surface area (Å²) >= 11 is 0. The average molecular weight is 590 g/mol. The molecule has 0 radical (unpaired) electrons. The van der Waals surface area contributed by atoms with Crippen molar-refractivity contribution in [3.63, 3.8) is 0 Å². The summed E-state index contributed by atoms with van der Waals surface area (Å²) in [6.45, 7) is 14.3. The summed E-state index contributed by atoms with van der Waals surface area (Å²) in [5.74, 6) is 5.89. The third-order valence-electron chi connectivity index (χ3n) is 6.44. The van der Waals surface area contributed by atoms with Crippen molar-refractivity contribution in [3.05, 3.63) is 11.6 Å². The lowest BCUT2D eigenvalue weighted by Crippen LogP contribution is -3.00. The SMILES string of the molecule is CCCC[P+](/C=C/[P+](CCCC)(CCCC)CCCC)(CCCC)CCCC.[Br-].[Br-]. The fourth-order valence-electron chi connectivity index (χ4n) is 4.24. The van der Waals surface area contributed by atoms with E-state index in [1.807, 2.05) is 0 Å². The predicted molar refractivity (Wildman–Crippen MR) is 142 cm³/mol. The summed E-state index contributed by atoms with van der Waals surface area (Å²) in [7, 11) is -1.78. The Labute approximate surface area is 214 Å². The summed E-state index contributed by atoms with van der Waals surface area (Å²) in [4.78, 5) is 0. The van der Waals surface area contributed by atoms with Crippen LogP contribution in [-0.2, 0) is 0 Å². The molecule has 0 nitrogen and oxygen atoms in total. The topological polar surface area (TPSA) is 0 Å². The van der Waals surface area contributed by atoms with Gasteiger partial charge in [0.15, 0.2) is 0 Å². The van der Waals surface area contributed by atoms with E-state index >= 15 is 0 Å². The number of rotatable bonds is 20. The molecule has 0 atom stereocenters. The van der Waals surface area contributed by atoms with E-state index in [0.29, 0.717) is 0 Å². The lowest BCUT2D eigenvalue weighted by molar-refractivity contribution is -0.00100. The molecule has 0 aliphatic heterocycles. The fraction of sp³-hybridized carbons (Fsp3) is 0.923. The lowest BCUT2D eigenvalue weighted by atomic mass is 10.4. The molecule has 0 N–H and O–H groups in total. The highest BCUT2D eigenvalue weighted by molar-refractivity contribution is 7.82. The maximum atomic E-state index is 2.95. The van der Waals surface area contributed by atoms with Crippen LogP contribution in [0.3, 0.4) is 0 Å². The molecular formula is C26H56Br2P2. The van der Waals surface area contributed by atoms with Crippen LogP contribution in [0.1, 0.15) is 119 Å². The zero-order chi connectivity index (χ0) is 21.1. The first-order valence-corrected chi connectivity index (χ1v) is 17.8. The molecule has 0 aromatic heterocycles. The van der Waals surface area contributed by atoms with E-state index in [4.69, 9.17) is 0 Å². The van der Waals surface area contributed by atoms with Gasteiger partial charge in [0.1, 0.15) is 0 Å². The van der Waals surface area contributed by atoms with Gasteiger partial charge in [-0.3, -0.25) is 0 Å². The standard InChI is InChI=1S/C26H56P2.2BrH/c1-7-13-19-27(20-14-8-2,21-15-9-3)25-26-28(22-16-10-4,23-17-11-5)24-18-12-6;;/h25-26H,7-24H2,1-6H3;2*1H/q+2;;/p-2/b26-25+;;. The van der Waals surface area contributed by atoms with Gasteiger partial charge in [0, 0.05) is 14.5 Å². The van der Waals surface area contributed by atoms with E-state index in [0.717, 1.165) is 0 Å². The number of halogens is 2. The Bertz CT molecular complexity index is 294. The van der Waals surface area contributed by atoms with Crippen molar-refractivity contribution in [2.45, 2.75) is 119 Å². The summed E-state index contributed by atoms with van der Waals surface area (Å²) in [5, 5.41) is 0. The first kappa shape index (κ1) is 36.1. The molecule has 4 heteroatoms. The van der Waals surface area contributed by atoms with Gasteiger partial charge in [-0.25, -0.2) is 0 Å². The summed E-state index contributed by atoms with van der Waals surface area (Å²) in [5.41, 5.74) is 0. The molecule has 0 amide bonds. The van der Waals surface area contributed by atoms with Gasteiger partial charge in [-0.1, -0.05) is 80.1 Å². The van der Waals surface area contributed by atoms with Gasteiger partial charge >= 0.3 is 0 Å². The van der Waals surface area contributed by atoms with Crippen LogP contribution in [0.4, 0.5) is 0 Å². The van der Waals surface area contributed by atoms with Gasteiger partial charge in [0.2, 0.25) is 0 Å². The number of unbranched alkanes of at least 4 members (excludes halogenated alkanes) is 6. The Balaban J connectivity index is -0.00000364. The Morgan fingerprint density at radius 1 is 0.367 bits per heavy atom. The van der Waals surface area contributed by atoms with Crippen molar-refractivity contribution < 1.29 is 34.0 Å². The molecule has 0 aliphatic rings. The molecule has 0 saturated carbocycles. The Kier molecular flexibility index (Phi) is 28.6. The van der Waals surface area contributed by atoms with E-state index < -0.39 is 14.5 Å². The Morgan fingerprint density at radius 2 is 0.533 bits per heavy atom. The largest absolute Gasteiger partial charge is 1.00 e. The fourth-order valence-corrected chi connectivity index (χ4v) is 14.4. The highest BCUT2D eigenvalue weighted by Gasteiger charge is 2.38. The van der Waals surface area contributed by atoms with Crippen LogP contribution in [0, 0.1) is 0 Å². The summed E-state index contributed by atoms with van der Waals surface area (Å²) < 4.78 is 0. The third kappa shape index (κ3) is 16.2. The summed E-state index contributed by atoms with van der Waals surface area (Å²) in [6.07, 6.45) is 26.2. The number of hydrogen-bond acceptors (Lipinski definition) is 0. The maximum Gasteiger partial charge on any atom is 0.0931 e. The van der Waals surface area contributed by atoms with Crippen molar-refractivity contribution in [2.24, 2.45) is 0 Å². The molecule has 0 aromatic carbocycles. The molecule has 0 aliphatic carbocycles. The molecule has 0 aromatic rings. The lowest BCUT2D eigenvalue weighted by Gasteiger charge is -2.27. The minimum atomic E-state index is -0.891. The molecule has 0 saturated heterocycles. The minimum Gasteiger partial charge on any atom is -1.00 e. The second-order valence-electron chi connectivity index (χ2n) is 9.20. The van der Waals surface area contributed by atoms with Crippen molar-refractivity contribution in [3.8, 4) is 0 Å². The van der Waals surface area contributed by atoms with Gasteiger partial charge in [-0.15, -0.1) is 0 Å². The van der Waals surface area contributed by atoms with E-state index in [9.17, 15) is 0 Å². The quantitative estimate of drug-likeness (QED) is 0.186. The Morgan fingerprint density at radius 3 is 0.667 bits per heavy atom. The maximum absolute atomic E-state index is 2.95. The van der Waals surface area contributed by atoms with Crippen LogP contribution in [0.15, 0.2) is 11.6 Å². The molecule has 184 valence electrons. The van der Waals surface area contributed by atoms with E-state index in [-0.39, 0.29) is 34.0 Å². The summed E-state index contributed by atoms with van der Waals surface area (Å²) in [6, 6.07) is 0. The van der Waals surface area contributed by atoms with E-state index in [1.165, 1.54) is 114 Å². The highest BCUT2D eigenvalue weighted by Crippen LogP contribution is 2.68. The van der Waals surface area contributed by atoms with Gasteiger partial charge in [0.25, 0.3) is 0 Å². The molecular weight excluding hydrogens is 534 g/mol. The van der Waals surface area contributed by atoms with Crippen LogP contribution in [0.2, 0.25) is 0 Å². The molecule has 0 unspecified atom stereocenters. The molecule has 30 heavy (non-hydrogen) atoms. The highest BCUT2D eigenvalue weighted by atomic mass is 79.9. The zero-order valence-electron chi connectivity index (χ0n) is 21.5. The van der Waals surface area contributed by atoms with E-state index in [1.54, 1.807) is 0 Å². The van der Waals surface area contributed by atoms with Crippen LogP contribution in [0.25, 0.3) is 0 Å². The zero-order valence-corrected chi connectivity index (χ0v) is 26.5. The first-order valence-electron chi connectivity index (χ1n) is 13.0. The molecule has 0 rings (SSSR count). The van der Waals surface area contributed by atoms with E-state index in [2.05, 4.69) is 53.2 Å². The Hall–Kier alpha value is 1.56. The predicted octanol–water partition coefficient (Wildman–Crippen LogP) is 4.30. The molecule has 0 fully saturated rings. The molecule has 0 spiro atoms. The van der Waals surface area contributed by atoms with Gasteiger partial charge in [-0.05, 0) is 38.5 Å². The van der Waals surface area contributed by atoms with Crippen LogP contribution in [-0.4, -0.2) is 37.0 Å². The third-order valence-corrected chi connectivity index (χ3v) is 15.5. The second-order valence-corrected chi connectivity index (χ2v) is 17.4. The van der Waals surface area contributed by atoms with Gasteiger partial charge in [0.05, 0.1) is 48.6 Å². The van der Waals surface area contributed by atoms with Crippen molar-refractivity contribution in [2.75, 3.05) is 37.0 Å². The van der Waals surface area contributed by atoms with Crippen LogP contribution >= 0.6 is 14.5 Å². The van der Waals surface area contributed by atoms with Crippen LogP contribution in [0.5, 0.6) is 0 Å².